The summed E-state index contributed by atoms with van der Waals surface area (Å²) in [6, 6.07) is 2.71. The summed E-state index contributed by atoms with van der Waals surface area (Å²) in [5.74, 6) is -1.09. The molecule has 1 saturated carbocycles. The van der Waals surface area contributed by atoms with E-state index in [4.69, 9.17) is 0 Å². The fourth-order valence-corrected chi connectivity index (χ4v) is 5.95. The molecule has 0 amide bonds. The third-order valence-corrected chi connectivity index (χ3v) is 6.88. The van der Waals surface area contributed by atoms with Gasteiger partial charge in [-0.25, -0.2) is 0 Å². The second kappa shape index (κ2) is 6.13. The lowest BCUT2D eigenvalue weighted by atomic mass is 9.85. The van der Waals surface area contributed by atoms with Gasteiger partial charge in [-0.1, -0.05) is 6.92 Å². The lowest BCUT2D eigenvalue weighted by Crippen LogP contribution is -2.40. The van der Waals surface area contributed by atoms with E-state index in [0.29, 0.717) is 24.1 Å². The van der Waals surface area contributed by atoms with Crippen molar-refractivity contribution in [2.45, 2.75) is 66.7 Å². The van der Waals surface area contributed by atoms with Crippen LogP contribution in [0.3, 0.4) is 0 Å². The molecule has 1 aliphatic heterocycles. The first kappa shape index (κ1) is 15.7. The maximum Gasteiger partial charge on any atom is 0.391 e. The molecule has 118 valence electrons. The molecule has 0 radical (unpaired) electrons. The van der Waals surface area contributed by atoms with E-state index in [1.54, 1.807) is 11.3 Å². The minimum atomic E-state index is -4.01. The van der Waals surface area contributed by atoms with E-state index in [1.165, 1.54) is 9.77 Å². The van der Waals surface area contributed by atoms with Gasteiger partial charge < -0.3 is 5.32 Å². The van der Waals surface area contributed by atoms with Crippen molar-refractivity contribution in [1.29, 1.82) is 0 Å². The molecule has 3 rings (SSSR count). The minimum absolute atomic E-state index is 0.233. The summed E-state index contributed by atoms with van der Waals surface area (Å²) in [5.41, 5.74) is 1.35. The Labute approximate surface area is 131 Å². The number of rotatable bonds is 2. The lowest BCUT2D eigenvalue weighted by Gasteiger charge is -2.35. The fourth-order valence-electron chi connectivity index (χ4n) is 3.38. The fraction of sp³-hybridized carbons (Fsp3) is 0.733. The van der Waals surface area contributed by atoms with Gasteiger partial charge in [-0.3, -0.25) is 0 Å². The SMILES string of the molecule is C[C@H]1CC(NC2CCC(C(F)(F)F)CC2)c2ccsc2S1. The van der Waals surface area contributed by atoms with Gasteiger partial charge >= 0.3 is 6.18 Å². The van der Waals surface area contributed by atoms with Gasteiger partial charge in [0.1, 0.15) is 0 Å². The molecule has 1 fully saturated rings. The average Bonchev–Trinajstić information content (AvgIpc) is 2.86. The van der Waals surface area contributed by atoms with Crippen LogP contribution in [-0.4, -0.2) is 17.5 Å². The molecule has 0 aromatic carbocycles. The van der Waals surface area contributed by atoms with E-state index >= 15 is 0 Å². The van der Waals surface area contributed by atoms with Gasteiger partial charge in [0.05, 0.1) is 10.1 Å². The van der Waals surface area contributed by atoms with Crippen molar-refractivity contribution in [3.05, 3.63) is 17.0 Å². The Morgan fingerprint density at radius 1 is 1.19 bits per heavy atom. The van der Waals surface area contributed by atoms with Crippen LogP contribution in [0, 0.1) is 5.92 Å². The highest BCUT2D eigenvalue weighted by Gasteiger charge is 2.41. The van der Waals surface area contributed by atoms with Crippen molar-refractivity contribution in [2.24, 2.45) is 5.92 Å². The van der Waals surface area contributed by atoms with Crippen LogP contribution in [0.5, 0.6) is 0 Å². The van der Waals surface area contributed by atoms with Crippen LogP contribution in [-0.2, 0) is 0 Å². The third kappa shape index (κ3) is 3.59. The zero-order valence-corrected chi connectivity index (χ0v) is 13.6. The first-order chi connectivity index (χ1) is 9.93. The maximum absolute atomic E-state index is 12.7. The van der Waals surface area contributed by atoms with E-state index in [9.17, 15) is 13.2 Å². The van der Waals surface area contributed by atoms with Crippen LogP contribution < -0.4 is 5.32 Å². The van der Waals surface area contributed by atoms with Gasteiger partial charge in [-0.15, -0.1) is 23.1 Å². The van der Waals surface area contributed by atoms with Crippen molar-refractivity contribution >= 4 is 23.1 Å². The van der Waals surface area contributed by atoms with Gasteiger partial charge in [0.15, 0.2) is 0 Å². The molecule has 0 spiro atoms. The van der Waals surface area contributed by atoms with Gasteiger partial charge in [-0.2, -0.15) is 13.2 Å². The molecule has 0 saturated heterocycles. The number of fused-ring (bicyclic) bond motifs is 1. The van der Waals surface area contributed by atoms with Crippen molar-refractivity contribution < 1.29 is 13.2 Å². The molecule has 1 nitrogen and oxygen atoms in total. The molecular formula is C15H20F3NS2. The lowest BCUT2D eigenvalue weighted by molar-refractivity contribution is -0.182. The van der Waals surface area contributed by atoms with Crippen LogP contribution in [0.2, 0.25) is 0 Å². The molecule has 6 heteroatoms. The normalized spacial score (nSPS) is 33.7. The first-order valence-corrected chi connectivity index (χ1v) is 9.26. The monoisotopic (exact) mass is 335 g/mol. The van der Waals surface area contributed by atoms with Crippen LogP contribution in [0.4, 0.5) is 13.2 Å². The number of thiophene rings is 1. The molecule has 2 heterocycles. The summed E-state index contributed by atoms with van der Waals surface area (Å²) in [7, 11) is 0. The summed E-state index contributed by atoms with van der Waals surface area (Å²) >= 11 is 3.69. The van der Waals surface area contributed by atoms with E-state index in [2.05, 4.69) is 23.7 Å². The third-order valence-electron chi connectivity index (χ3n) is 4.54. The average molecular weight is 335 g/mol. The van der Waals surface area contributed by atoms with Crippen LogP contribution >= 0.6 is 23.1 Å². The van der Waals surface area contributed by atoms with E-state index in [-0.39, 0.29) is 18.9 Å². The zero-order chi connectivity index (χ0) is 15.0. The molecular weight excluding hydrogens is 315 g/mol. The minimum Gasteiger partial charge on any atom is -0.307 e. The summed E-state index contributed by atoms with van der Waals surface area (Å²) in [5, 5.41) is 6.31. The van der Waals surface area contributed by atoms with Crippen molar-refractivity contribution in [2.75, 3.05) is 0 Å². The highest BCUT2D eigenvalue weighted by atomic mass is 32.2. The Kier molecular flexibility index (Phi) is 4.58. The Hall–Kier alpha value is -0.200. The summed E-state index contributed by atoms with van der Waals surface area (Å²) < 4.78 is 39.5. The van der Waals surface area contributed by atoms with Crippen molar-refractivity contribution in [3.8, 4) is 0 Å². The number of hydrogen-bond acceptors (Lipinski definition) is 3. The van der Waals surface area contributed by atoms with Crippen LogP contribution in [0.25, 0.3) is 0 Å². The van der Waals surface area contributed by atoms with Crippen LogP contribution in [0.1, 0.15) is 50.6 Å². The standard InChI is InChI=1S/C15H20F3NS2/c1-9-8-13(12-6-7-20-14(12)21-9)19-11-4-2-10(3-5-11)15(16,17)18/h6-7,9-11,13,19H,2-5,8H2,1H3/t9-,10?,11?,13?/m0/s1. The van der Waals surface area contributed by atoms with Crippen molar-refractivity contribution in [3.63, 3.8) is 0 Å². The molecule has 21 heavy (non-hydrogen) atoms. The number of nitrogens with one attached hydrogen (secondary N) is 1. The molecule has 1 aromatic heterocycles. The molecule has 1 N–H and O–H groups in total. The highest BCUT2D eigenvalue weighted by molar-refractivity contribution is 8.01. The predicted molar refractivity (Wildman–Crippen MR) is 81.9 cm³/mol. The Bertz CT molecular complexity index is 478. The first-order valence-electron chi connectivity index (χ1n) is 7.50. The Balaban J connectivity index is 1.59. The van der Waals surface area contributed by atoms with Crippen molar-refractivity contribution in [1.82, 2.24) is 5.32 Å². The van der Waals surface area contributed by atoms with E-state index < -0.39 is 12.1 Å². The molecule has 2 atom stereocenters. The topological polar surface area (TPSA) is 12.0 Å². The Morgan fingerprint density at radius 2 is 1.90 bits per heavy atom. The van der Waals surface area contributed by atoms with Gasteiger partial charge in [0.2, 0.25) is 0 Å². The second-order valence-electron chi connectivity index (χ2n) is 6.14. The molecule has 1 aliphatic carbocycles. The second-order valence-corrected chi connectivity index (χ2v) is 8.76. The van der Waals surface area contributed by atoms with Gasteiger partial charge in [-0.05, 0) is 49.1 Å². The van der Waals surface area contributed by atoms with E-state index in [1.807, 2.05) is 11.8 Å². The smallest absolute Gasteiger partial charge is 0.307 e. The molecule has 1 aromatic rings. The summed E-state index contributed by atoms with van der Waals surface area (Å²) in [6.45, 7) is 2.22. The number of alkyl halides is 3. The van der Waals surface area contributed by atoms with E-state index in [0.717, 1.165) is 6.42 Å². The number of halogens is 3. The number of thioether (sulfide) groups is 1. The highest BCUT2D eigenvalue weighted by Crippen LogP contribution is 2.45. The predicted octanol–water partition coefficient (Wildman–Crippen LogP) is 5.38. The number of hydrogen-bond donors (Lipinski definition) is 1. The van der Waals surface area contributed by atoms with Crippen LogP contribution in [0.15, 0.2) is 15.7 Å². The summed E-state index contributed by atoms with van der Waals surface area (Å²) in [4.78, 5) is 0. The maximum atomic E-state index is 12.7. The van der Waals surface area contributed by atoms with Gasteiger partial charge in [0, 0.05) is 17.3 Å². The summed E-state index contributed by atoms with van der Waals surface area (Å²) in [6.07, 6.45) is -1.12. The quantitative estimate of drug-likeness (QED) is 0.778. The van der Waals surface area contributed by atoms with Gasteiger partial charge in [0.25, 0.3) is 0 Å². The molecule has 0 bridgehead atoms. The zero-order valence-electron chi connectivity index (χ0n) is 12.0. The molecule has 1 unspecified atom stereocenters. The largest absolute Gasteiger partial charge is 0.391 e. The molecule has 2 aliphatic rings. The Morgan fingerprint density at radius 3 is 2.57 bits per heavy atom.